The van der Waals surface area contributed by atoms with Crippen LogP contribution in [0.1, 0.15) is 81.6 Å². The Labute approximate surface area is 195 Å². The molecule has 0 aromatic rings. The van der Waals surface area contributed by atoms with E-state index in [9.17, 15) is 4.79 Å². The van der Waals surface area contributed by atoms with Gasteiger partial charge >= 0.3 is 5.97 Å². The zero-order chi connectivity index (χ0) is 24.4. The number of hydrogen-bond acceptors (Lipinski definition) is 3. The predicted octanol–water partition coefficient (Wildman–Crippen LogP) is 7.96. The lowest BCUT2D eigenvalue weighted by Crippen LogP contribution is -2.43. The van der Waals surface area contributed by atoms with Gasteiger partial charge in [-0.15, -0.1) is 5.98 Å². The van der Waals surface area contributed by atoms with Crippen molar-refractivity contribution in [2.24, 2.45) is 11.8 Å². The van der Waals surface area contributed by atoms with Crippen LogP contribution in [-0.2, 0) is 14.0 Å². The van der Waals surface area contributed by atoms with Crippen LogP contribution < -0.4 is 0 Å². The average Bonchev–Trinajstić information content (AvgIpc) is 2.65. The molecule has 2 unspecified atom stereocenters. The molecular formula is C26H51BO3Si. The molecule has 0 heterocycles. The third kappa shape index (κ3) is 11.1. The summed E-state index contributed by atoms with van der Waals surface area (Å²) in [6.07, 6.45) is 8.63. The zero-order valence-electron chi connectivity index (χ0n) is 22.6. The Morgan fingerprint density at radius 3 is 1.90 bits per heavy atom. The van der Waals surface area contributed by atoms with Gasteiger partial charge in [-0.3, -0.25) is 4.79 Å². The normalized spacial score (nSPS) is 16.3. The van der Waals surface area contributed by atoms with E-state index >= 15 is 0 Å². The molecule has 0 saturated carbocycles. The third-order valence-corrected chi connectivity index (χ3v) is 11.9. The fraction of sp³-hybridized carbons (Fsp3) is 0.808. The Bertz CT molecular complexity index is 562. The number of esters is 1. The minimum atomic E-state index is -1.89. The van der Waals surface area contributed by atoms with Crippen LogP contribution in [0.5, 0.6) is 0 Å². The minimum absolute atomic E-state index is 0.0266. The Hall–Kier alpha value is -0.808. The second-order valence-electron chi connectivity index (χ2n) is 11.4. The number of ether oxygens (including phenoxy) is 1. The van der Waals surface area contributed by atoms with Crippen LogP contribution >= 0.6 is 0 Å². The van der Waals surface area contributed by atoms with Crippen LogP contribution in [0.25, 0.3) is 0 Å². The second-order valence-corrected chi connectivity index (χ2v) is 16.2. The first-order valence-corrected chi connectivity index (χ1v) is 15.1. The van der Waals surface area contributed by atoms with Gasteiger partial charge in [0.15, 0.2) is 15.0 Å². The van der Waals surface area contributed by atoms with Crippen molar-refractivity contribution in [3.63, 3.8) is 0 Å². The van der Waals surface area contributed by atoms with E-state index in [1.165, 1.54) is 7.11 Å². The topological polar surface area (TPSA) is 35.5 Å². The molecule has 0 saturated heterocycles. The third-order valence-electron chi connectivity index (χ3n) is 7.44. The van der Waals surface area contributed by atoms with Crippen LogP contribution in [-0.4, -0.2) is 34.2 Å². The van der Waals surface area contributed by atoms with E-state index in [0.717, 1.165) is 12.8 Å². The van der Waals surface area contributed by atoms with Crippen molar-refractivity contribution >= 4 is 21.0 Å². The monoisotopic (exact) mass is 450 g/mol. The van der Waals surface area contributed by atoms with E-state index in [1.807, 2.05) is 0 Å². The molecule has 3 atom stereocenters. The van der Waals surface area contributed by atoms with Crippen LogP contribution in [0.4, 0.5) is 0 Å². The molecule has 180 valence electrons. The van der Waals surface area contributed by atoms with E-state index in [4.69, 9.17) is 9.16 Å². The van der Waals surface area contributed by atoms with Gasteiger partial charge in [-0.1, -0.05) is 104 Å². The summed E-state index contributed by atoms with van der Waals surface area (Å²) in [7, 11) is -0.445. The van der Waals surface area contributed by atoms with Crippen molar-refractivity contribution in [1.29, 1.82) is 0 Å². The van der Waals surface area contributed by atoms with Gasteiger partial charge in [-0.05, 0) is 31.0 Å². The smallest absolute Gasteiger partial charge is 0.305 e. The molecule has 5 heteroatoms. The van der Waals surface area contributed by atoms with E-state index in [1.54, 1.807) is 0 Å². The largest absolute Gasteiger partial charge is 0.469 e. The molecule has 0 amide bonds. The Morgan fingerprint density at radius 2 is 1.48 bits per heavy atom. The number of allylic oxidation sites excluding steroid dienone is 2. The molecule has 0 aliphatic carbocycles. The van der Waals surface area contributed by atoms with Gasteiger partial charge in [-0.25, -0.2) is 0 Å². The van der Waals surface area contributed by atoms with Gasteiger partial charge in [0.2, 0.25) is 0 Å². The molecule has 0 bridgehead atoms. The highest BCUT2D eigenvalue weighted by Gasteiger charge is 2.38. The summed E-state index contributed by atoms with van der Waals surface area (Å²) in [5, 5.41) is 0.155. The van der Waals surface area contributed by atoms with Gasteiger partial charge in [0.1, 0.15) is 0 Å². The highest BCUT2D eigenvalue weighted by Crippen LogP contribution is 2.38. The number of rotatable bonds is 13. The average molecular weight is 451 g/mol. The van der Waals surface area contributed by atoms with Gasteiger partial charge < -0.3 is 9.16 Å². The van der Waals surface area contributed by atoms with Crippen LogP contribution in [0, 0.1) is 11.8 Å². The second kappa shape index (κ2) is 13.7. The summed E-state index contributed by atoms with van der Waals surface area (Å²) in [4.78, 5) is 11.5. The fourth-order valence-corrected chi connectivity index (χ4v) is 4.70. The molecule has 0 aromatic heterocycles. The lowest BCUT2D eigenvalue weighted by atomic mass is 9.31. The molecule has 0 rings (SSSR count). The Morgan fingerprint density at radius 1 is 0.968 bits per heavy atom. The summed E-state index contributed by atoms with van der Waals surface area (Å²) in [6.45, 7) is 25.9. The maximum atomic E-state index is 11.5. The lowest BCUT2D eigenvalue weighted by Gasteiger charge is -2.38. The highest BCUT2D eigenvalue weighted by atomic mass is 28.4. The first-order chi connectivity index (χ1) is 14.1. The highest BCUT2D eigenvalue weighted by molar-refractivity contribution is 6.74. The number of methoxy groups -OCH3 is 1. The summed E-state index contributed by atoms with van der Waals surface area (Å²) in [5.74, 6) is 4.84. The fourth-order valence-electron chi connectivity index (χ4n) is 3.40. The van der Waals surface area contributed by atoms with Crippen molar-refractivity contribution in [2.45, 2.75) is 117 Å². The molecule has 0 aromatic carbocycles. The molecule has 0 aliphatic rings. The van der Waals surface area contributed by atoms with Gasteiger partial charge in [0.05, 0.1) is 13.2 Å². The van der Waals surface area contributed by atoms with Crippen molar-refractivity contribution in [3.8, 4) is 0 Å². The number of carbonyl (C=O) groups excluding carboxylic acids is 1. The first kappa shape index (κ1) is 30.2. The zero-order valence-corrected chi connectivity index (χ0v) is 23.6. The van der Waals surface area contributed by atoms with E-state index in [-0.39, 0.29) is 17.1 Å². The maximum absolute atomic E-state index is 11.5. The SMILES string of the molecule is COC(=O)CCC[C@@H](/C=C\C=C\B(C(C)C(C)C)C(C)C(C)C)O[Si](C)(C)C(C)(C)C. The first-order valence-electron chi connectivity index (χ1n) is 12.2. The molecule has 0 fully saturated rings. The van der Waals surface area contributed by atoms with Crippen molar-refractivity contribution < 1.29 is 14.0 Å². The van der Waals surface area contributed by atoms with E-state index in [0.29, 0.717) is 36.6 Å². The lowest BCUT2D eigenvalue weighted by molar-refractivity contribution is -0.140. The van der Waals surface area contributed by atoms with Gasteiger partial charge in [0, 0.05) is 6.42 Å². The predicted molar refractivity (Wildman–Crippen MR) is 140 cm³/mol. The summed E-state index contributed by atoms with van der Waals surface area (Å²) in [5.41, 5.74) is 0. The van der Waals surface area contributed by atoms with Crippen LogP contribution in [0.15, 0.2) is 24.2 Å². The molecular weight excluding hydrogens is 399 g/mol. The molecule has 31 heavy (non-hydrogen) atoms. The van der Waals surface area contributed by atoms with Gasteiger partial charge in [0.25, 0.3) is 0 Å². The van der Waals surface area contributed by atoms with Crippen molar-refractivity contribution in [3.05, 3.63) is 24.2 Å². The Balaban J connectivity index is 5.41. The van der Waals surface area contributed by atoms with Crippen molar-refractivity contribution in [2.75, 3.05) is 7.11 Å². The molecule has 0 N–H and O–H groups in total. The van der Waals surface area contributed by atoms with E-state index < -0.39 is 8.32 Å². The van der Waals surface area contributed by atoms with Crippen LogP contribution in [0.3, 0.4) is 0 Å². The minimum Gasteiger partial charge on any atom is -0.469 e. The molecule has 0 spiro atoms. The maximum Gasteiger partial charge on any atom is 0.305 e. The quantitative estimate of drug-likeness (QED) is 0.162. The number of hydrogen-bond donors (Lipinski definition) is 0. The van der Waals surface area contributed by atoms with Gasteiger partial charge in [-0.2, -0.15) is 0 Å². The summed E-state index contributed by atoms with van der Waals surface area (Å²) >= 11 is 0. The standard InChI is InChI=1S/C26H51BO3Si/c1-20(2)22(5)27(23(6)21(3)4)19-14-13-16-24(17-15-18-25(28)29-10)30-31(11,12)26(7,8)9/h13-14,16,19-24H,15,17-18H2,1-12H3/b16-13-,19-14+/t22?,23?,24-/m1/s1. The molecule has 3 nitrogen and oxygen atoms in total. The summed E-state index contributed by atoms with van der Waals surface area (Å²) < 4.78 is 11.5. The Kier molecular flexibility index (Phi) is 13.3. The molecule has 0 radical (unpaired) electrons. The molecule has 0 aliphatic heterocycles. The number of carbonyl (C=O) groups is 1. The van der Waals surface area contributed by atoms with Crippen LogP contribution in [0.2, 0.25) is 29.8 Å². The van der Waals surface area contributed by atoms with E-state index in [2.05, 4.69) is 99.6 Å². The summed E-state index contributed by atoms with van der Waals surface area (Å²) in [6, 6.07) is 0. The van der Waals surface area contributed by atoms with Crippen molar-refractivity contribution in [1.82, 2.24) is 0 Å².